The van der Waals surface area contributed by atoms with Gasteiger partial charge in [-0.3, -0.25) is 14.4 Å². The van der Waals surface area contributed by atoms with E-state index in [0.29, 0.717) is 47.8 Å². The molecule has 1 aliphatic heterocycles. The number of ether oxygens (including phenoxy) is 1. The van der Waals surface area contributed by atoms with Gasteiger partial charge in [-0.1, -0.05) is 12.1 Å². The standard InChI is InChI=1S/C26H25N3O4/c1-2-33-21-15-13-20(14-16-21)27-25(31)18-9-11-19(12-10-18)28-26(32)22-6-3-4-7-23(22)29-17-5-8-24(29)30/h3-4,6-7,9-16H,2,5,8,17H2,1H3,(H,27,31)(H,28,32). The van der Waals surface area contributed by atoms with Gasteiger partial charge >= 0.3 is 0 Å². The van der Waals surface area contributed by atoms with Crippen LogP contribution in [-0.2, 0) is 4.79 Å². The van der Waals surface area contributed by atoms with Crippen molar-refractivity contribution in [3.05, 3.63) is 83.9 Å². The second kappa shape index (κ2) is 9.99. The summed E-state index contributed by atoms with van der Waals surface area (Å²) in [6, 6.07) is 20.9. The summed E-state index contributed by atoms with van der Waals surface area (Å²) in [7, 11) is 0. The largest absolute Gasteiger partial charge is 0.494 e. The van der Waals surface area contributed by atoms with Gasteiger partial charge in [-0.25, -0.2) is 0 Å². The van der Waals surface area contributed by atoms with Crippen LogP contribution >= 0.6 is 0 Å². The van der Waals surface area contributed by atoms with Gasteiger partial charge < -0.3 is 20.3 Å². The number of carbonyl (C=O) groups excluding carboxylic acids is 3. The highest BCUT2D eigenvalue weighted by Crippen LogP contribution is 2.26. The lowest BCUT2D eigenvalue weighted by Crippen LogP contribution is -2.27. The van der Waals surface area contributed by atoms with Crippen molar-refractivity contribution in [1.82, 2.24) is 0 Å². The summed E-state index contributed by atoms with van der Waals surface area (Å²) >= 11 is 0. The van der Waals surface area contributed by atoms with E-state index in [-0.39, 0.29) is 17.7 Å². The number of para-hydroxylation sites is 1. The maximum Gasteiger partial charge on any atom is 0.257 e. The van der Waals surface area contributed by atoms with E-state index in [9.17, 15) is 14.4 Å². The van der Waals surface area contributed by atoms with Crippen molar-refractivity contribution in [2.75, 3.05) is 28.7 Å². The zero-order chi connectivity index (χ0) is 23.2. The molecule has 0 aromatic heterocycles. The van der Waals surface area contributed by atoms with Gasteiger partial charge in [-0.2, -0.15) is 0 Å². The zero-order valence-electron chi connectivity index (χ0n) is 18.3. The topological polar surface area (TPSA) is 87.7 Å². The summed E-state index contributed by atoms with van der Waals surface area (Å²) in [4.78, 5) is 39.2. The Kier molecular flexibility index (Phi) is 6.69. The van der Waals surface area contributed by atoms with Crippen LogP contribution in [-0.4, -0.2) is 30.9 Å². The third-order valence-corrected chi connectivity index (χ3v) is 5.34. The van der Waals surface area contributed by atoms with Crippen LogP contribution in [0.1, 0.15) is 40.5 Å². The van der Waals surface area contributed by atoms with Crippen LogP contribution in [0.5, 0.6) is 5.75 Å². The fourth-order valence-electron chi connectivity index (χ4n) is 3.71. The van der Waals surface area contributed by atoms with E-state index >= 15 is 0 Å². The number of amides is 3. The first-order valence-electron chi connectivity index (χ1n) is 10.9. The van der Waals surface area contributed by atoms with Crippen LogP contribution in [0, 0.1) is 0 Å². The van der Waals surface area contributed by atoms with Gasteiger partial charge in [-0.15, -0.1) is 0 Å². The molecule has 168 valence electrons. The van der Waals surface area contributed by atoms with E-state index in [1.165, 1.54) is 0 Å². The number of anilines is 3. The zero-order valence-corrected chi connectivity index (χ0v) is 18.3. The molecule has 7 heteroatoms. The van der Waals surface area contributed by atoms with Crippen molar-refractivity contribution < 1.29 is 19.1 Å². The van der Waals surface area contributed by atoms with E-state index in [1.807, 2.05) is 13.0 Å². The first-order valence-corrected chi connectivity index (χ1v) is 10.9. The lowest BCUT2D eigenvalue weighted by Gasteiger charge is -2.19. The molecule has 1 saturated heterocycles. The molecule has 0 spiro atoms. The molecular formula is C26H25N3O4. The average Bonchev–Trinajstić information content (AvgIpc) is 3.26. The lowest BCUT2D eigenvalue weighted by molar-refractivity contribution is -0.117. The molecule has 7 nitrogen and oxygen atoms in total. The predicted octanol–water partition coefficient (Wildman–Crippen LogP) is 4.72. The molecule has 0 atom stereocenters. The predicted molar refractivity (Wildman–Crippen MR) is 128 cm³/mol. The maximum absolute atomic E-state index is 12.9. The van der Waals surface area contributed by atoms with Gasteiger partial charge in [0, 0.05) is 29.9 Å². The van der Waals surface area contributed by atoms with Crippen molar-refractivity contribution in [3.63, 3.8) is 0 Å². The molecule has 0 saturated carbocycles. The Morgan fingerprint density at radius 2 is 1.52 bits per heavy atom. The summed E-state index contributed by atoms with van der Waals surface area (Å²) in [5, 5.41) is 5.69. The first kappa shape index (κ1) is 22.1. The van der Waals surface area contributed by atoms with Crippen molar-refractivity contribution in [2.24, 2.45) is 0 Å². The summed E-state index contributed by atoms with van der Waals surface area (Å²) < 4.78 is 5.40. The second-order valence-corrected chi connectivity index (χ2v) is 7.61. The van der Waals surface area contributed by atoms with Crippen LogP contribution in [0.15, 0.2) is 72.8 Å². The molecule has 0 unspecified atom stereocenters. The minimum atomic E-state index is -0.308. The Balaban J connectivity index is 1.41. The Morgan fingerprint density at radius 1 is 0.879 bits per heavy atom. The highest BCUT2D eigenvalue weighted by Gasteiger charge is 2.25. The lowest BCUT2D eigenvalue weighted by atomic mass is 10.1. The maximum atomic E-state index is 12.9. The monoisotopic (exact) mass is 443 g/mol. The number of nitrogens with zero attached hydrogens (tertiary/aromatic N) is 1. The highest BCUT2D eigenvalue weighted by molar-refractivity contribution is 6.11. The van der Waals surface area contributed by atoms with Gasteiger partial charge in [0.25, 0.3) is 11.8 Å². The first-order chi connectivity index (χ1) is 16.0. The van der Waals surface area contributed by atoms with Gasteiger partial charge in [0.2, 0.25) is 5.91 Å². The number of benzene rings is 3. The Morgan fingerprint density at radius 3 is 2.15 bits per heavy atom. The molecule has 3 aromatic rings. The summed E-state index contributed by atoms with van der Waals surface area (Å²) in [6.45, 7) is 3.10. The van der Waals surface area contributed by atoms with Gasteiger partial charge in [-0.05, 0) is 74.0 Å². The van der Waals surface area contributed by atoms with E-state index < -0.39 is 0 Å². The van der Waals surface area contributed by atoms with E-state index in [2.05, 4.69) is 10.6 Å². The third-order valence-electron chi connectivity index (χ3n) is 5.34. The molecule has 0 bridgehead atoms. The number of rotatable bonds is 7. The number of hydrogen-bond donors (Lipinski definition) is 2. The minimum Gasteiger partial charge on any atom is -0.494 e. The molecule has 0 aliphatic carbocycles. The normalized spacial score (nSPS) is 13.0. The molecule has 3 aromatic carbocycles. The van der Waals surface area contributed by atoms with Crippen LogP contribution in [0.3, 0.4) is 0 Å². The van der Waals surface area contributed by atoms with E-state index in [0.717, 1.165) is 12.2 Å². The van der Waals surface area contributed by atoms with Crippen LogP contribution in [0.2, 0.25) is 0 Å². The molecule has 1 heterocycles. The molecule has 1 aliphatic rings. The summed E-state index contributed by atoms with van der Waals surface area (Å²) in [5.74, 6) is 0.205. The van der Waals surface area contributed by atoms with Gasteiger partial charge in [0.15, 0.2) is 0 Å². The second-order valence-electron chi connectivity index (χ2n) is 7.61. The molecule has 33 heavy (non-hydrogen) atoms. The van der Waals surface area contributed by atoms with Crippen molar-refractivity contribution in [1.29, 1.82) is 0 Å². The fourth-order valence-corrected chi connectivity index (χ4v) is 3.71. The Hall–Kier alpha value is -4.13. The third kappa shape index (κ3) is 5.20. The number of carbonyl (C=O) groups is 3. The quantitative estimate of drug-likeness (QED) is 0.553. The highest BCUT2D eigenvalue weighted by atomic mass is 16.5. The average molecular weight is 444 g/mol. The smallest absolute Gasteiger partial charge is 0.257 e. The van der Waals surface area contributed by atoms with Crippen LogP contribution in [0.4, 0.5) is 17.1 Å². The van der Waals surface area contributed by atoms with E-state index in [1.54, 1.807) is 71.6 Å². The molecule has 4 rings (SSSR count). The summed E-state index contributed by atoms with van der Waals surface area (Å²) in [5.41, 5.74) is 2.73. The number of nitrogens with one attached hydrogen (secondary N) is 2. The SMILES string of the molecule is CCOc1ccc(NC(=O)c2ccc(NC(=O)c3ccccc3N3CCCC3=O)cc2)cc1. The van der Waals surface area contributed by atoms with Crippen molar-refractivity contribution >= 4 is 34.8 Å². The Bertz CT molecular complexity index is 1160. The molecule has 0 radical (unpaired) electrons. The van der Waals surface area contributed by atoms with Gasteiger partial charge in [0.05, 0.1) is 17.9 Å². The van der Waals surface area contributed by atoms with Gasteiger partial charge in [0.1, 0.15) is 5.75 Å². The minimum absolute atomic E-state index is 0.0261. The Labute approximate surface area is 192 Å². The van der Waals surface area contributed by atoms with E-state index in [4.69, 9.17) is 4.74 Å². The van der Waals surface area contributed by atoms with Crippen molar-refractivity contribution in [2.45, 2.75) is 19.8 Å². The molecule has 2 N–H and O–H groups in total. The summed E-state index contributed by atoms with van der Waals surface area (Å²) in [6.07, 6.45) is 1.28. The fraction of sp³-hybridized carbons (Fsp3) is 0.192. The van der Waals surface area contributed by atoms with Crippen LogP contribution in [0.25, 0.3) is 0 Å². The molecule has 3 amide bonds. The molecular weight excluding hydrogens is 418 g/mol. The number of hydrogen-bond acceptors (Lipinski definition) is 4. The van der Waals surface area contributed by atoms with Crippen LogP contribution < -0.4 is 20.3 Å². The molecule has 1 fully saturated rings. The van der Waals surface area contributed by atoms with Crippen molar-refractivity contribution in [3.8, 4) is 5.75 Å².